The number of hydrogen-bond acceptors (Lipinski definition) is 5. The number of aromatic nitrogens is 1. The Bertz CT molecular complexity index is 895. The lowest BCUT2D eigenvalue weighted by Gasteiger charge is -2.07. The molecule has 0 aliphatic heterocycles. The summed E-state index contributed by atoms with van der Waals surface area (Å²) in [5.74, 6) is -0.155. The smallest absolute Gasteiger partial charge is 0.416 e. The maximum absolute atomic E-state index is 12.8. The van der Waals surface area contributed by atoms with Crippen LogP contribution in [0.1, 0.15) is 27.6 Å². The van der Waals surface area contributed by atoms with Gasteiger partial charge in [-0.25, -0.2) is 4.79 Å². The first-order chi connectivity index (χ1) is 11.8. The molecule has 0 bridgehead atoms. The highest BCUT2D eigenvalue weighted by Gasteiger charge is 2.30. The molecule has 0 radical (unpaired) electrons. The van der Waals surface area contributed by atoms with Gasteiger partial charge in [-0.05, 0) is 31.2 Å². The lowest BCUT2D eigenvalue weighted by Crippen LogP contribution is -2.04. The number of nitrogens with zero attached hydrogens (tertiary/aromatic N) is 1. The fraction of sp³-hybridized carbons (Fsp3) is 0.176. The molecule has 0 atom stereocenters. The number of carbonyl (C=O) groups is 1. The monoisotopic (exact) mass is 351 g/mol. The zero-order valence-electron chi connectivity index (χ0n) is 13.0. The number of aryl methyl sites for hydroxylation is 1. The molecule has 8 heteroatoms. The van der Waals surface area contributed by atoms with E-state index in [0.29, 0.717) is 11.5 Å². The van der Waals surface area contributed by atoms with E-state index in [2.05, 4.69) is 5.16 Å². The highest BCUT2D eigenvalue weighted by atomic mass is 19.4. The van der Waals surface area contributed by atoms with E-state index in [1.54, 1.807) is 13.0 Å². The summed E-state index contributed by atoms with van der Waals surface area (Å²) in [6, 6.07) is 9.00. The molecule has 2 aromatic heterocycles. The maximum Gasteiger partial charge on any atom is 0.416 e. The largest absolute Gasteiger partial charge is 0.453 e. The third-order valence-corrected chi connectivity index (χ3v) is 3.31. The summed E-state index contributed by atoms with van der Waals surface area (Å²) in [5.41, 5.74) is -0.150. The van der Waals surface area contributed by atoms with Crippen LogP contribution in [-0.2, 0) is 17.5 Å². The van der Waals surface area contributed by atoms with E-state index in [9.17, 15) is 18.0 Å². The van der Waals surface area contributed by atoms with Crippen LogP contribution in [-0.4, -0.2) is 11.1 Å². The van der Waals surface area contributed by atoms with Gasteiger partial charge in [0, 0.05) is 11.6 Å². The minimum absolute atomic E-state index is 0.101. The molecule has 5 nitrogen and oxygen atoms in total. The van der Waals surface area contributed by atoms with Crippen molar-refractivity contribution >= 4 is 5.97 Å². The molecule has 0 N–H and O–H groups in total. The van der Waals surface area contributed by atoms with Gasteiger partial charge in [-0.15, -0.1) is 0 Å². The van der Waals surface area contributed by atoms with Crippen LogP contribution in [0.2, 0.25) is 0 Å². The summed E-state index contributed by atoms with van der Waals surface area (Å²) < 4.78 is 53.5. The molecular formula is C17H12F3NO4. The van der Waals surface area contributed by atoms with Crippen molar-refractivity contribution in [2.75, 3.05) is 0 Å². The van der Waals surface area contributed by atoms with Crippen molar-refractivity contribution in [3.8, 4) is 11.3 Å². The fourth-order valence-corrected chi connectivity index (χ4v) is 2.15. The van der Waals surface area contributed by atoms with Crippen molar-refractivity contribution in [2.45, 2.75) is 19.7 Å². The van der Waals surface area contributed by atoms with E-state index in [4.69, 9.17) is 13.7 Å². The van der Waals surface area contributed by atoms with Gasteiger partial charge in [0.25, 0.3) is 0 Å². The number of carbonyl (C=O) groups excluding carboxylic acids is 1. The highest BCUT2D eigenvalue weighted by molar-refractivity contribution is 5.87. The summed E-state index contributed by atoms with van der Waals surface area (Å²) in [7, 11) is 0. The molecule has 3 rings (SSSR count). The minimum atomic E-state index is -4.46. The molecule has 2 heterocycles. The molecule has 0 fully saturated rings. The predicted molar refractivity (Wildman–Crippen MR) is 79.5 cm³/mol. The molecule has 25 heavy (non-hydrogen) atoms. The molecule has 0 aliphatic rings. The molecule has 0 unspecified atom stereocenters. The molecule has 1 aromatic carbocycles. The molecule has 0 amide bonds. The second-order valence-electron chi connectivity index (χ2n) is 5.25. The zero-order chi connectivity index (χ0) is 18.0. The van der Waals surface area contributed by atoms with Gasteiger partial charge in [-0.3, -0.25) is 0 Å². The van der Waals surface area contributed by atoms with Gasteiger partial charge in [0.05, 0.1) is 5.56 Å². The van der Waals surface area contributed by atoms with E-state index in [0.717, 1.165) is 12.1 Å². The number of halogens is 3. The number of rotatable bonds is 4. The summed E-state index contributed by atoms with van der Waals surface area (Å²) in [4.78, 5) is 11.9. The third kappa shape index (κ3) is 3.90. The Morgan fingerprint density at radius 3 is 2.68 bits per heavy atom. The molecule has 3 aromatic rings. The van der Waals surface area contributed by atoms with E-state index >= 15 is 0 Å². The predicted octanol–water partition coefficient (Wildman–Crippen LogP) is 4.62. The first-order valence-corrected chi connectivity index (χ1v) is 7.20. The number of alkyl halides is 3. The van der Waals surface area contributed by atoms with Crippen LogP contribution >= 0.6 is 0 Å². The number of hydrogen-bond donors (Lipinski definition) is 0. The van der Waals surface area contributed by atoms with Crippen LogP contribution in [0.15, 0.2) is 51.4 Å². The van der Waals surface area contributed by atoms with Crippen LogP contribution in [0.5, 0.6) is 0 Å². The van der Waals surface area contributed by atoms with Gasteiger partial charge in [0.2, 0.25) is 5.76 Å². The summed E-state index contributed by atoms with van der Waals surface area (Å²) in [5, 5.41) is 3.68. The van der Waals surface area contributed by atoms with Crippen molar-refractivity contribution < 1.29 is 31.6 Å². The van der Waals surface area contributed by atoms with Crippen LogP contribution in [0.3, 0.4) is 0 Å². The van der Waals surface area contributed by atoms with Gasteiger partial charge in [0.15, 0.2) is 0 Å². The average molecular weight is 351 g/mol. The molecule has 0 saturated carbocycles. The lowest BCUT2D eigenvalue weighted by molar-refractivity contribution is -0.137. The quantitative estimate of drug-likeness (QED) is 0.642. The van der Waals surface area contributed by atoms with E-state index < -0.39 is 17.7 Å². The molecule has 0 spiro atoms. The second-order valence-corrected chi connectivity index (χ2v) is 5.25. The average Bonchev–Trinajstić information content (AvgIpc) is 3.21. The number of esters is 1. The van der Waals surface area contributed by atoms with Crippen molar-refractivity contribution in [1.29, 1.82) is 0 Å². The summed E-state index contributed by atoms with van der Waals surface area (Å²) >= 11 is 0. The Kier molecular flexibility index (Phi) is 4.35. The molecule has 0 saturated heterocycles. The number of ether oxygens (including phenoxy) is 1. The van der Waals surface area contributed by atoms with Gasteiger partial charge in [0.1, 0.15) is 23.8 Å². The van der Waals surface area contributed by atoms with Crippen molar-refractivity contribution in [3.05, 3.63) is 65.2 Å². The van der Waals surface area contributed by atoms with Crippen LogP contribution in [0, 0.1) is 6.92 Å². The van der Waals surface area contributed by atoms with Crippen molar-refractivity contribution in [1.82, 2.24) is 5.16 Å². The standard InChI is InChI=1S/C17H12F3NO4/c1-10-7-13(21-25-10)9-23-16(22)15-6-5-14(24-15)11-3-2-4-12(8-11)17(18,19)20/h2-8H,9H2,1H3. The first kappa shape index (κ1) is 16.8. The fourth-order valence-electron chi connectivity index (χ4n) is 2.15. The molecule has 130 valence electrons. The topological polar surface area (TPSA) is 65.5 Å². The van der Waals surface area contributed by atoms with Crippen LogP contribution in [0.25, 0.3) is 11.3 Å². The van der Waals surface area contributed by atoms with Gasteiger partial charge < -0.3 is 13.7 Å². The van der Waals surface area contributed by atoms with Crippen LogP contribution in [0.4, 0.5) is 13.2 Å². The van der Waals surface area contributed by atoms with Crippen molar-refractivity contribution in [2.24, 2.45) is 0 Å². The Balaban J connectivity index is 1.72. The van der Waals surface area contributed by atoms with Crippen molar-refractivity contribution in [3.63, 3.8) is 0 Å². The molecule has 0 aliphatic carbocycles. The number of benzene rings is 1. The summed E-state index contributed by atoms with van der Waals surface area (Å²) in [6.07, 6.45) is -4.46. The van der Waals surface area contributed by atoms with E-state index in [1.807, 2.05) is 0 Å². The van der Waals surface area contributed by atoms with Gasteiger partial charge in [-0.2, -0.15) is 13.2 Å². The minimum Gasteiger partial charge on any atom is -0.453 e. The zero-order valence-corrected chi connectivity index (χ0v) is 13.0. The Morgan fingerprint density at radius 1 is 1.20 bits per heavy atom. The second kappa shape index (κ2) is 6.46. The first-order valence-electron chi connectivity index (χ1n) is 7.20. The number of furan rings is 1. The maximum atomic E-state index is 12.8. The Hall–Kier alpha value is -3.03. The summed E-state index contributed by atoms with van der Waals surface area (Å²) in [6.45, 7) is 1.60. The third-order valence-electron chi connectivity index (χ3n) is 3.31. The Morgan fingerprint density at radius 2 is 2.00 bits per heavy atom. The van der Waals surface area contributed by atoms with Crippen LogP contribution < -0.4 is 0 Å². The van der Waals surface area contributed by atoms with Gasteiger partial charge >= 0.3 is 12.1 Å². The highest BCUT2D eigenvalue weighted by Crippen LogP contribution is 2.32. The van der Waals surface area contributed by atoms with Gasteiger partial charge in [-0.1, -0.05) is 17.3 Å². The van der Waals surface area contributed by atoms with E-state index in [-0.39, 0.29) is 23.7 Å². The molecular weight excluding hydrogens is 339 g/mol. The van der Waals surface area contributed by atoms with E-state index in [1.165, 1.54) is 24.3 Å². The normalized spacial score (nSPS) is 11.5. The lowest BCUT2D eigenvalue weighted by atomic mass is 10.1. The Labute approximate surface area is 140 Å². The SMILES string of the molecule is Cc1cc(COC(=O)c2ccc(-c3cccc(C(F)(F)F)c3)o2)no1.